The van der Waals surface area contributed by atoms with E-state index in [-0.39, 0.29) is 18.6 Å². The van der Waals surface area contributed by atoms with Gasteiger partial charge in [-0.25, -0.2) is 0 Å². The van der Waals surface area contributed by atoms with Crippen LogP contribution in [0.15, 0.2) is 77.3 Å². The van der Waals surface area contributed by atoms with Crippen LogP contribution in [0.4, 0.5) is 0 Å². The smallest absolute Gasteiger partial charge is 0.311 e. The minimum absolute atomic E-state index is 0.000608. The van der Waals surface area contributed by atoms with Gasteiger partial charge < -0.3 is 19.5 Å². The first-order valence-corrected chi connectivity index (χ1v) is 11.1. The third kappa shape index (κ3) is 5.76. The normalized spacial score (nSPS) is 11.7. The van der Waals surface area contributed by atoms with Crippen LogP contribution in [0.3, 0.4) is 0 Å². The molecule has 4 rings (SSSR count). The first-order valence-electron chi connectivity index (χ1n) is 11.1. The van der Waals surface area contributed by atoms with Crippen LogP contribution in [-0.2, 0) is 27.2 Å². The summed E-state index contributed by atoms with van der Waals surface area (Å²) in [6, 6.07) is 21.7. The Morgan fingerprint density at radius 2 is 1.57 bits per heavy atom. The van der Waals surface area contributed by atoms with Crippen LogP contribution in [0.2, 0.25) is 0 Å². The Kier molecular flexibility index (Phi) is 6.96. The Bertz CT molecular complexity index is 1340. The number of phenols is 1. The Hall–Kier alpha value is -4.39. The number of aryl methyl sites for hydroxylation is 1. The van der Waals surface area contributed by atoms with E-state index in [1.54, 1.807) is 50.2 Å². The number of carbonyl (C=O) groups is 2. The lowest BCUT2D eigenvalue weighted by Crippen LogP contribution is -2.12. The summed E-state index contributed by atoms with van der Waals surface area (Å²) in [5.74, 6) is -0.667. The Morgan fingerprint density at radius 3 is 2.20 bits per heavy atom. The lowest BCUT2D eigenvalue weighted by atomic mass is 9.99. The van der Waals surface area contributed by atoms with Crippen LogP contribution in [0.5, 0.6) is 5.75 Å². The van der Waals surface area contributed by atoms with Gasteiger partial charge in [0.15, 0.2) is 5.76 Å². The largest absolute Gasteiger partial charge is 0.508 e. The predicted molar refractivity (Wildman–Crippen MR) is 130 cm³/mol. The van der Waals surface area contributed by atoms with Crippen molar-refractivity contribution < 1.29 is 29.1 Å². The summed E-state index contributed by atoms with van der Waals surface area (Å²) < 4.78 is 11.1. The van der Waals surface area contributed by atoms with Gasteiger partial charge in [-0.3, -0.25) is 9.59 Å². The highest BCUT2D eigenvalue weighted by Crippen LogP contribution is 2.30. The predicted octanol–water partition coefficient (Wildman–Crippen LogP) is 5.50. The number of hydrogen-bond acceptors (Lipinski definition) is 6. The number of benzene rings is 3. The van der Waals surface area contributed by atoms with Crippen LogP contribution in [0, 0.1) is 6.92 Å². The van der Waals surface area contributed by atoms with Crippen LogP contribution in [-0.4, -0.2) is 27.3 Å². The number of rotatable bonds is 8. The van der Waals surface area contributed by atoms with Gasteiger partial charge in [-0.05, 0) is 48.2 Å². The van der Waals surface area contributed by atoms with Crippen LogP contribution in [0.25, 0.3) is 22.5 Å². The SMILES string of the molecule is Cc1noc(-c2ccc(-c3ccc(CC(=O)O)cc3)cc2)c1CC(=O)O[C@H](C)c1cccc(O)c1. The molecule has 3 aromatic carbocycles. The molecular formula is C28H25NO6. The first kappa shape index (κ1) is 23.8. The molecule has 0 unspecified atom stereocenters. The molecule has 2 N–H and O–H groups in total. The molecule has 0 aliphatic rings. The summed E-state index contributed by atoms with van der Waals surface area (Å²) in [5.41, 5.74) is 5.42. The molecule has 0 aliphatic heterocycles. The maximum Gasteiger partial charge on any atom is 0.311 e. The Morgan fingerprint density at radius 1 is 0.943 bits per heavy atom. The van der Waals surface area contributed by atoms with Crippen LogP contribution < -0.4 is 0 Å². The van der Waals surface area contributed by atoms with Crippen molar-refractivity contribution in [2.75, 3.05) is 0 Å². The Labute approximate surface area is 202 Å². The number of carboxylic acid groups (broad SMARTS) is 1. The number of aliphatic carboxylic acids is 1. The summed E-state index contributed by atoms with van der Waals surface area (Å²) in [6.07, 6.45) is -0.526. The maximum absolute atomic E-state index is 12.7. The second-order valence-corrected chi connectivity index (χ2v) is 8.32. The molecule has 0 fully saturated rings. The molecule has 0 saturated carbocycles. The number of esters is 1. The van der Waals surface area contributed by atoms with Gasteiger partial charge in [0.05, 0.1) is 18.5 Å². The van der Waals surface area contributed by atoms with E-state index in [4.69, 9.17) is 14.4 Å². The average Bonchev–Trinajstić information content (AvgIpc) is 3.19. The van der Waals surface area contributed by atoms with Crippen LogP contribution in [0.1, 0.15) is 35.4 Å². The molecule has 7 heteroatoms. The lowest BCUT2D eigenvalue weighted by Gasteiger charge is -2.14. The van der Waals surface area contributed by atoms with Crippen molar-refractivity contribution in [2.45, 2.75) is 32.8 Å². The van der Waals surface area contributed by atoms with E-state index < -0.39 is 18.0 Å². The second kappa shape index (κ2) is 10.3. The number of phenolic OH excluding ortho intramolecular Hbond substituents is 1. The average molecular weight is 472 g/mol. The standard InChI is InChI=1S/C28H25NO6/c1-17-25(16-27(33)34-18(2)23-4-3-5-24(30)15-23)28(35-29-17)22-12-10-21(11-13-22)20-8-6-19(7-9-20)14-26(31)32/h3-13,15,18,30H,14,16H2,1-2H3,(H,31,32)/t18-/m1/s1. The first-order chi connectivity index (χ1) is 16.8. The Balaban J connectivity index is 1.48. The zero-order valence-electron chi connectivity index (χ0n) is 19.4. The quantitative estimate of drug-likeness (QED) is 0.327. The molecule has 1 aromatic heterocycles. The van der Waals surface area contributed by atoms with Gasteiger partial charge in [-0.1, -0.05) is 65.8 Å². The minimum Gasteiger partial charge on any atom is -0.508 e. The molecule has 1 heterocycles. The van der Waals surface area contributed by atoms with Gasteiger partial charge in [0.2, 0.25) is 0 Å². The van der Waals surface area contributed by atoms with Crippen molar-refractivity contribution >= 4 is 11.9 Å². The maximum atomic E-state index is 12.7. The summed E-state index contributed by atoms with van der Waals surface area (Å²) in [7, 11) is 0. The summed E-state index contributed by atoms with van der Waals surface area (Å²) >= 11 is 0. The van der Waals surface area contributed by atoms with E-state index in [9.17, 15) is 14.7 Å². The monoisotopic (exact) mass is 471 g/mol. The van der Waals surface area contributed by atoms with Gasteiger partial charge in [0, 0.05) is 11.1 Å². The molecule has 1 atom stereocenters. The molecule has 178 valence electrons. The molecule has 0 aliphatic carbocycles. The fourth-order valence-electron chi connectivity index (χ4n) is 3.86. The third-order valence-electron chi connectivity index (χ3n) is 5.74. The van der Waals surface area contributed by atoms with Gasteiger partial charge >= 0.3 is 11.9 Å². The minimum atomic E-state index is -0.863. The van der Waals surface area contributed by atoms with Gasteiger partial charge in [0.25, 0.3) is 0 Å². The van der Waals surface area contributed by atoms with Crippen molar-refractivity contribution in [1.82, 2.24) is 5.16 Å². The van der Waals surface area contributed by atoms with Gasteiger partial charge in [-0.15, -0.1) is 0 Å². The molecule has 0 radical (unpaired) electrons. The van der Waals surface area contributed by atoms with Crippen molar-refractivity contribution in [2.24, 2.45) is 0 Å². The summed E-state index contributed by atoms with van der Waals surface area (Å²) in [4.78, 5) is 23.5. The highest BCUT2D eigenvalue weighted by Gasteiger charge is 2.21. The highest BCUT2D eigenvalue weighted by atomic mass is 16.5. The number of nitrogens with zero attached hydrogens (tertiary/aromatic N) is 1. The number of carbonyl (C=O) groups excluding carboxylic acids is 1. The third-order valence-corrected chi connectivity index (χ3v) is 5.74. The topological polar surface area (TPSA) is 110 Å². The number of hydrogen-bond donors (Lipinski definition) is 2. The van der Waals surface area contributed by atoms with E-state index in [0.717, 1.165) is 22.3 Å². The fourth-order valence-corrected chi connectivity index (χ4v) is 3.86. The molecule has 0 bridgehead atoms. The van der Waals surface area contributed by atoms with Gasteiger partial charge in [-0.2, -0.15) is 0 Å². The van der Waals surface area contributed by atoms with Crippen molar-refractivity contribution in [3.8, 4) is 28.2 Å². The second-order valence-electron chi connectivity index (χ2n) is 8.32. The fraction of sp³-hybridized carbons (Fsp3) is 0.179. The molecular weight excluding hydrogens is 446 g/mol. The van der Waals surface area contributed by atoms with E-state index in [1.807, 2.05) is 36.4 Å². The van der Waals surface area contributed by atoms with Gasteiger partial charge in [0.1, 0.15) is 11.9 Å². The summed E-state index contributed by atoms with van der Waals surface area (Å²) in [6.45, 7) is 3.53. The van der Waals surface area contributed by atoms with Crippen LogP contribution >= 0.6 is 0 Å². The van der Waals surface area contributed by atoms with E-state index >= 15 is 0 Å². The molecule has 7 nitrogen and oxygen atoms in total. The van der Waals surface area contributed by atoms with Crippen molar-refractivity contribution in [1.29, 1.82) is 0 Å². The zero-order chi connectivity index (χ0) is 24.9. The molecule has 0 spiro atoms. The van der Waals surface area contributed by atoms with E-state index in [1.165, 1.54) is 0 Å². The lowest BCUT2D eigenvalue weighted by molar-refractivity contribution is -0.147. The molecule has 4 aromatic rings. The zero-order valence-corrected chi connectivity index (χ0v) is 19.4. The molecule has 0 amide bonds. The van der Waals surface area contributed by atoms with Crippen molar-refractivity contribution in [3.05, 3.63) is 95.2 Å². The number of carboxylic acids is 1. The number of aromatic nitrogens is 1. The van der Waals surface area contributed by atoms with E-state index in [0.29, 0.717) is 22.6 Å². The number of aromatic hydroxyl groups is 1. The molecule has 35 heavy (non-hydrogen) atoms. The molecule has 0 saturated heterocycles. The van der Waals surface area contributed by atoms with Crippen molar-refractivity contribution in [3.63, 3.8) is 0 Å². The van der Waals surface area contributed by atoms with E-state index in [2.05, 4.69) is 5.16 Å². The highest BCUT2D eigenvalue weighted by molar-refractivity contribution is 5.78. The number of ether oxygens (including phenoxy) is 1. The summed E-state index contributed by atoms with van der Waals surface area (Å²) in [5, 5.41) is 22.6.